The number of hydrogen-bond acceptors (Lipinski definition) is 3. The van der Waals surface area contributed by atoms with Gasteiger partial charge in [0.2, 0.25) is 0 Å². The average molecular weight is 260 g/mol. The molecule has 0 unspecified atom stereocenters. The van der Waals surface area contributed by atoms with Crippen molar-refractivity contribution in [2.24, 2.45) is 0 Å². The average Bonchev–Trinajstić information content (AvgIpc) is 2.93. The summed E-state index contributed by atoms with van der Waals surface area (Å²) in [4.78, 5) is 2.51. The summed E-state index contributed by atoms with van der Waals surface area (Å²) in [5.41, 5.74) is 1.82. The van der Waals surface area contributed by atoms with Crippen LogP contribution in [0.15, 0.2) is 24.3 Å². The standard InChI is InChI=1S/C16H24N2O/c19-16(6-8-17-9-7-16)15-5-3-4-14(12-15)13-18-10-1-2-11-18/h3-5,12,17,19H,1-2,6-11,13H2. The van der Waals surface area contributed by atoms with Gasteiger partial charge >= 0.3 is 0 Å². The summed E-state index contributed by atoms with van der Waals surface area (Å²) in [6, 6.07) is 8.58. The summed E-state index contributed by atoms with van der Waals surface area (Å²) < 4.78 is 0. The molecule has 3 nitrogen and oxygen atoms in total. The van der Waals surface area contributed by atoms with E-state index in [-0.39, 0.29) is 0 Å². The van der Waals surface area contributed by atoms with Gasteiger partial charge in [0.05, 0.1) is 5.60 Å². The second kappa shape index (κ2) is 5.61. The Hall–Kier alpha value is -0.900. The molecule has 1 aromatic rings. The van der Waals surface area contributed by atoms with Gasteiger partial charge in [-0.3, -0.25) is 4.90 Å². The number of hydrogen-bond donors (Lipinski definition) is 2. The normalized spacial score (nSPS) is 23.6. The van der Waals surface area contributed by atoms with Crippen LogP contribution in [0.2, 0.25) is 0 Å². The third-order valence-corrected chi connectivity index (χ3v) is 4.50. The van der Waals surface area contributed by atoms with Crippen molar-refractivity contribution < 1.29 is 5.11 Å². The van der Waals surface area contributed by atoms with E-state index >= 15 is 0 Å². The molecule has 0 atom stereocenters. The molecule has 0 saturated carbocycles. The summed E-state index contributed by atoms with van der Waals surface area (Å²) in [5.74, 6) is 0. The number of benzene rings is 1. The molecule has 2 aliphatic rings. The van der Waals surface area contributed by atoms with E-state index in [1.165, 1.54) is 31.5 Å². The molecule has 0 bridgehead atoms. The van der Waals surface area contributed by atoms with Gasteiger partial charge in [0.15, 0.2) is 0 Å². The molecule has 2 heterocycles. The van der Waals surface area contributed by atoms with Crippen LogP contribution in [0.25, 0.3) is 0 Å². The second-order valence-corrected chi connectivity index (χ2v) is 5.97. The van der Waals surface area contributed by atoms with Crippen molar-refractivity contribution in [1.29, 1.82) is 0 Å². The predicted molar refractivity (Wildman–Crippen MR) is 77.0 cm³/mol. The Balaban J connectivity index is 1.74. The summed E-state index contributed by atoms with van der Waals surface area (Å²) in [6.07, 6.45) is 4.30. The van der Waals surface area contributed by atoms with Crippen LogP contribution < -0.4 is 5.32 Å². The summed E-state index contributed by atoms with van der Waals surface area (Å²) >= 11 is 0. The summed E-state index contributed by atoms with van der Waals surface area (Å²) in [6.45, 7) is 5.29. The molecule has 0 amide bonds. The lowest BCUT2D eigenvalue weighted by Gasteiger charge is -2.33. The molecular formula is C16H24N2O. The molecule has 104 valence electrons. The number of nitrogens with one attached hydrogen (secondary N) is 1. The van der Waals surface area contributed by atoms with Crippen molar-refractivity contribution >= 4 is 0 Å². The third kappa shape index (κ3) is 2.99. The van der Waals surface area contributed by atoms with Crippen LogP contribution in [0.5, 0.6) is 0 Å². The van der Waals surface area contributed by atoms with E-state index in [0.717, 1.165) is 38.0 Å². The quantitative estimate of drug-likeness (QED) is 0.870. The van der Waals surface area contributed by atoms with Crippen molar-refractivity contribution in [2.75, 3.05) is 26.2 Å². The first-order valence-electron chi connectivity index (χ1n) is 7.51. The van der Waals surface area contributed by atoms with Gasteiger partial charge in [-0.2, -0.15) is 0 Å². The van der Waals surface area contributed by atoms with E-state index in [9.17, 15) is 5.11 Å². The highest BCUT2D eigenvalue weighted by molar-refractivity contribution is 5.29. The molecule has 19 heavy (non-hydrogen) atoms. The Kier molecular flexibility index (Phi) is 3.87. The zero-order valence-electron chi connectivity index (χ0n) is 11.6. The monoisotopic (exact) mass is 260 g/mol. The third-order valence-electron chi connectivity index (χ3n) is 4.50. The summed E-state index contributed by atoms with van der Waals surface area (Å²) in [7, 11) is 0. The molecule has 2 N–H and O–H groups in total. The van der Waals surface area contributed by atoms with Crippen LogP contribution in [0.3, 0.4) is 0 Å². The van der Waals surface area contributed by atoms with Crippen molar-refractivity contribution in [1.82, 2.24) is 10.2 Å². The van der Waals surface area contributed by atoms with E-state index < -0.39 is 5.60 Å². The van der Waals surface area contributed by atoms with Crippen molar-refractivity contribution in [3.05, 3.63) is 35.4 Å². The van der Waals surface area contributed by atoms with Crippen LogP contribution in [-0.2, 0) is 12.1 Å². The minimum absolute atomic E-state index is 0.619. The molecule has 0 aromatic heterocycles. The van der Waals surface area contributed by atoms with E-state index in [0.29, 0.717) is 0 Å². The molecule has 2 saturated heterocycles. The topological polar surface area (TPSA) is 35.5 Å². The minimum atomic E-state index is -0.619. The first-order chi connectivity index (χ1) is 9.26. The Morgan fingerprint density at radius 2 is 1.89 bits per heavy atom. The SMILES string of the molecule is OC1(c2cccc(CN3CCCC3)c2)CCNCC1. The highest BCUT2D eigenvalue weighted by Gasteiger charge is 2.31. The lowest BCUT2D eigenvalue weighted by molar-refractivity contribution is 0.00584. The number of aliphatic hydroxyl groups is 1. The highest BCUT2D eigenvalue weighted by Crippen LogP contribution is 2.31. The zero-order valence-corrected chi connectivity index (χ0v) is 11.6. The van der Waals surface area contributed by atoms with E-state index in [1.54, 1.807) is 0 Å². The molecule has 3 heteroatoms. The van der Waals surface area contributed by atoms with Gasteiger partial charge < -0.3 is 10.4 Å². The Morgan fingerprint density at radius 1 is 1.16 bits per heavy atom. The van der Waals surface area contributed by atoms with Crippen molar-refractivity contribution in [3.63, 3.8) is 0 Å². The Labute approximate surface area is 115 Å². The molecule has 0 spiro atoms. The summed E-state index contributed by atoms with van der Waals surface area (Å²) in [5, 5.41) is 14.1. The van der Waals surface area contributed by atoms with Gasteiger partial charge in [-0.05, 0) is 63.0 Å². The first-order valence-corrected chi connectivity index (χ1v) is 7.51. The molecule has 3 rings (SSSR count). The van der Waals surface area contributed by atoms with Crippen LogP contribution >= 0.6 is 0 Å². The van der Waals surface area contributed by atoms with Gasteiger partial charge in [-0.25, -0.2) is 0 Å². The van der Waals surface area contributed by atoms with Crippen LogP contribution in [-0.4, -0.2) is 36.2 Å². The van der Waals surface area contributed by atoms with E-state index in [1.807, 2.05) is 0 Å². The lowest BCUT2D eigenvalue weighted by Crippen LogP contribution is -2.39. The van der Waals surface area contributed by atoms with Gasteiger partial charge in [-0.1, -0.05) is 24.3 Å². The maximum Gasteiger partial charge on any atom is 0.0920 e. The molecule has 1 aromatic carbocycles. The lowest BCUT2D eigenvalue weighted by atomic mass is 9.84. The first kappa shape index (κ1) is 13.1. The zero-order chi connectivity index (χ0) is 13.1. The molecular weight excluding hydrogens is 236 g/mol. The smallest absolute Gasteiger partial charge is 0.0920 e. The number of rotatable bonds is 3. The number of piperidine rings is 1. The molecule has 2 fully saturated rings. The molecule has 0 aliphatic carbocycles. The number of nitrogens with zero attached hydrogens (tertiary/aromatic N) is 1. The van der Waals surface area contributed by atoms with E-state index in [2.05, 4.69) is 34.5 Å². The predicted octanol–water partition coefficient (Wildman–Crippen LogP) is 1.85. The fraction of sp³-hybridized carbons (Fsp3) is 0.625. The van der Waals surface area contributed by atoms with Gasteiger partial charge in [0, 0.05) is 6.54 Å². The maximum absolute atomic E-state index is 10.8. The number of likely N-dealkylation sites (tertiary alicyclic amines) is 1. The van der Waals surface area contributed by atoms with Gasteiger partial charge in [0.25, 0.3) is 0 Å². The fourth-order valence-corrected chi connectivity index (χ4v) is 3.29. The molecule has 2 aliphatic heterocycles. The molecule has 0 radical (unpaired) electrons. The Morgan fingerprint density at radius 3 is 2.63 bits per heavy atom. The van der Waals surface area contributed by atoms with Gasteiger partial charge in [0.1, 0.15) is 0 Å². The highest BCUT2D eigenvalue weighted by atomic mass is 16.3. The van der Waals surface area contributed by atoms with Gasteiger partial charge in [-0.15, -0.1) is 0 Å². The fourth-order valence-electron chi connectivity index (χ4n) is 3.29. The van der Waals surface area contributed by atoms with Crippen LogP contribution in [0.4, 0.5) is 0 Å². The van der Waals surface area contributed by atoms with Crippen LogP contribution in [0, 0.1) is 0 Å². The van der Waals surface area contributed by atoms with Crippen molar-refractivity contribution in [3.8, 4) is 0 Å². The largest absolute Gasteiger partial charge is 0.385 e. The minimum Gasteiger partial charge on any atom is -0.385 e. The van der Waals surface area contributed by atoms with Crippen LogP contribution in [0.1, 0.15) is 36.8 Å². The second-order valence-electron chi connectivity index (χ2n) is 5.97. The van der Waals surface area contributed by atoms with Crippen molar-refractivity contribution in [2.45, 2.75) is 37.8 Å². The maximum atomic E-state index is 10.8. The Bertz CT molecular complexity index is 421. The van der Waals surface area contributed by atoms with E-state index in [4.69, 9.17) is 0 Å².